The van der Waals surface area contributed by atoms with E-state index >= 15 is 0 Å². The maximum Gasteiger partial charge on any atom is 0.350 e. The van der Waals surface area contributed by atoms with Crippen molar-refractivity contribution >= 4 is 50.6 Å². The van der Waals surface area contributed by atoms with E-state index in [1.54, 1.807) is 24.3 Å². The van der Waals surface area contributed by atoms with Gasteiger partial charge in [0.2, 0.25) is 0 Å². The normalized spacial score (nSPS) is 11.6. The third kappa shape index (κ3) is 4.08. The molecule has 27 heavy (non-hydrogen) atoms. The summed E-state index contributed by atoms with van der Waals surface area (Å²) in [6.07, 6.45) is -1.08. The zero-order chi connectivity index (χ0) is 19.6. The molecule has 0 aliphatic carbocycles. The molecule has 0 aliphatic heterocycles. The molecule has 0 fully saturated rings. The van der Waals surface area contributed by atoms with Gasteiger partial charge in [-0.1, -0.05) is 11.6 Å². The van der Waals surface area contributed by atoms with Gasteiger partial charge in [-0.3, -0.25) is 4.79 Å². The van der Waals surface area contributed by atoms with E-state index < -0.39 is 23.8 Å². The number of fused-ring (bicyclic) bond motifs is 1. The maximum atomic E-state index is 13.3. The minimum atomic E-state index is -1.08. The van der Waals surface area contributed by atoms with E-state index in [1.807, 2.05) is 6.07 Å². The topological polar surface area (TPSA) is 79.2 Å². The highest BCUT2D eigenvalue weighted by molar-refractivity contribution is 7.21. The second-order valence-corrected chi connectivity index (χ2v) is 7.04. The quantitative estimate of drug-likeness (QED) is 0.638. The number of hydrogen-bond acceptors (Lipinski definition) is 5. The number of amides is 1. The molecule has 0 bridgehead atoms. The van der Waals surface area contributed by atoms with Crippen molar-refractivity contribution in [1.82, 2.24) is 0 Å². The Morgan fingerprint density at radius 1 is 1.26 bits per heavy atom. The molecule has 0 radical (unpaired) electrons. The first-order valence-electron chi connectivity index (χ1n) is 7.78. The molecule has 1 atom stereocenters. The number of esters is 1. The van der Waals surface area contributed by atoms with Gasteiger partial charge >= 0.3 is 5.97 Å². The first-order chi connectivity index (χ1) is 12.9. The van der Waals surface area contributed by atoms with Crippen LogP contribution in [0.2, 0.25) is 5.02 Å². The first kappa shape index (κ1) is 18.8. The number of nitrogens with zero attached hydrogens (tertiary/aromatic N) is 1. The summed E-state index contributed by atoms with van der Waals surface area (Å²) in [5.41, 5.74) is 0.931. The van der Waals surface area contributed by atoms with E-state index in [9.17, 15) is 14.0 Å². The van der Waals surface area contributed by atoms with Crippen LogP contribution in [0, 0.1) is 17.1 Å². The largest absolute Gasteiger partial charge is 0.448 e. The Morgan fingerprint density at radius 3 is 2.63 bits per heavy atom. The second-order valence-electron chi connectivity index (χ2n) is 5.61. The molecule has 1 amide bonds. The smallest absolute Gasteiger partial charge is 0.350 e. The number of nitriles is 1. The summed E-state index contributed by atoms with van der Waals surface area (Å²) in [7, 11) is 0. The molecule has 1 N–H and O–H groups in total. The lowest BCUT2D eigenvalue weighted by Crippen LogP contribution is -2.29. The van der Waals surface area contributed by atoms with Gasteiger partial charge in [0, 0.05) is 15.8 Å². The number of benzene rings is 2. The molecule has 3 aromatic rings. The average molecular weight is 403 g/mol. The molecule has 136 valence electrons. The summed E-state index contributed by atoms with van der Waals surface area (Å²) in [5.74, 6) is -1.73. The monoisotopic (exact) mass is 402 g/mol. The van der Waals surface area contributed by atoms with Crippen LogP contribution in [0.4, 0.5) is 10.1 Å². The summed E-state index contributed by atoms with van der Waals surface area (Å²) < 4.78 is 19.0. The highest BCUT2D eigenvalue weighted by atomic mass is 35.5. The van der Waals surface area contributed by atoms with Crippen LogP contribution in [0.15, 0.2) is 42.5 Å². The fourth-order valence-electron chi connectivity index (χ4n) is 2.31. The lowest BCUT2D eigenvalue weighted by molar-refractivity contribution is -0.123. The van der Waals surface area contributed by atoms with Crippen LogP contribution in [0.1, 0.15) is 22.2 Å². The van der Waals surface area contributed by atoms with Crippen molar-refractivity contribution in [2.24, 2.45) is 0 Å². The molecule has 0 saturated heterocycles. The molecule has 0 saturated carbocycles. The Labute approximate surface area is 162 Å². The molecule has 2 aromatic carbocycles. The first-order valence-corrected chi connectivity index (χ1v) is 8.98. The molecule has 3 rings (SSSR count). The van der Waals surface area contributed by atoms with Gasteiger partial charge in [0.1, 0.15) is 10.7 Å². The number of halogens is 2. The summed E-state index contributed by atoms with van der Waals surface area (Å²) in [6.45, 7) is 1.43. The Hall–Kier alpha value is -2.95. The highest BCUT2D eigenvalue weighted by Crippen LogP contribution is 2.36. The van der Waals surface area contributed by atoms with Gasteiger partial charge in [-0.2, -0.15) is 5.26 Å². The van der Waals surface area contributed by atoms with Gasteiger partial charge in [-0.25, -0.2) is 9.18 Å². The van der Waals surface area contributed by atoms with E-state index in [2.05, 4.69) is 5.32 Å². The molecule has 1 heterocycles. The summed E-state index contributed by atoms with van der Waals surface area (Å²) in [4.78, 5) is 24.7. The van der Waals surface area contributed by atoms with Gasteiger partial charge in [0.25, 0.3) is 5.91 Å². The fraction of sp³-hybridized carbons (Fsp3) is 0.105. The van der Waals surface area contributed by atoms with Crippen LogP contribution >= 0.6 is 22.9 Å². The minimum absolute atomic E-state index is 0.107. The lowest BCUT2D eigenvalue weighted by Gasteiger charge is -2.13. The van der Waals surface area contributed by atoms with Gasteiger partial charge in [0.05, 0.1) is 16.7 Å². The van der Waals surface area contributed by atoms with Crippen LogP contribution in [-0.4, -0.2) is 18.0 Å². The molecule has 0 unspecified atom stereocenters. The fourth-order valence-corrected chi connectivity index (χ4v) is 3.73. The summed E-state index contributed by atoms with van der Waals surface area (Å²) >= 11 is 7.19. The van der Waals surface area contributed by atoms with E-state index in [4.69, 9.17) is 21.6 Å². The molecular formula is C19H12ClFN2O3S. The molecule has 0 aliphatic rings. The predicted octanol–water partition coefficient (Wildman–Crippen LogP) is 4.75. The second kappa shape index (κ2) is 7.74. The lowest BCUT2D eigenvalue weighted by atomic mass is 10.2. The van der Waals surface area contributed by atoms with E-state index in [-0.39, 0.29) is 9.90 Å². The van der Waals surface area contributed by atoms with E-state index in [1.165, 1.54) is 25.1 Å². The number of hydrogen-bond donors (Lipinski definition) is 1. The Bertz CT molecular complexity index is 1070. The van der Waals surface area contributed by atoms with Gasteiger partial charge in [0.15, 0.2) is 6.10 Å². The van der Waals surface area contributed by atoms with Crippen molar-refractivity contribution in [3.63, 3.8) is 0 Å². The van der Waals surface area contributed by atoms with Crippen molar-refractivity contribution in [3.8, 4) is 6.07 Å². The van der Waals surface area contributed by atoms with Crippen molar-refractivity contribution in [1.29, 1.82) is 5.26 Å². The molecule has 0 spiro atoms. The maximum absolute atomic E-state index is 13.3. The van der Waals surface area contributed by atoms with Crippen LogP contribution in [0.5, 0.6) is 0 Å². The van der Waals surface area contributed by atoms with Crippen molar-refractivity contribution in [2.45, 2.75) is 13.0 Å². The Kier molecular flexibility index (Phi) is 5.40. The molecule has 1 aromatic heterocycles. The van der Waals surface area contributed by atoms with E-state index in [0.29, 0.717) is 21.3 Å². The third-order valence-corrected chi connectivity index (χ3v) is 5.35. The van der Waals surface area contributed by atoms with Crippen LogP contribution in [0.3, 0.4) is 0 Å². The zero-order valence-corrected chi connectivity index (χ0v) is 15.5. The number of carbonyl (C=O) groups excluding carboxylic acids is 2. The summed E-state index contributed by atoms with van der Waals surface area (Å²) in [6, 6.07) is 12.3. The highest BCUT2D eigenvalue weighted by Gasteiger charge is 2.24. The SMILES string of the molecule is C[C@@H](OC(=O)c1sc2cc(F)ccc2c1Cl)C(=O)Nc1ccc(C#N)cc1. The average Bonchev–Trinajstić information content (AvgIpc) is 2.98. The number of carbonyl (C=O) groups is 2. The number of ether oxygens (including phenoxy) is 1. The number of thiophene rings is 1. The molecule has 5 nitrogen and oxygen atoms in total. The third-order valence-electron chi connectivity index (χ3n) is 3.71. The minimum Gasteiger partial charge on any atom is -0.448 e. The van der Waals surface area contributed by atoms with Crippen molar-refractivity contribution < 1.29 is 18.7 Å². The van der Waals surface area contributed by atoms with Gasteiger partial charge in [-0.05, 0) is 49.4 Å². The standard InChI is InChI=1S/C19H12ClFN2O3S/c1-10(18(24)23-13-5-2-11(9-22)3-6-13)26-19(25)17-16(20)14-7-4-12(21)8-15(14)27-17/h2-8,10H,1H3,(H,23,24)/t10-/m1/s1. The van der Waals surface area contributed by atoms with Crippen molar-refractivity contribution in [3.05, 3.63) is 63.7 Å². The Balaban J connectivity index is 1.70. The van der Waals surface area contributed by atoms with Crippen LogP contribution in [0.25, 0.3) is 10.1 Å². The molecular weight excluding hydrogens is 391 g/mol. The predicted molar refractivity (Wildman–Crippen MR) is 101 cm³/mol. The Morgan fingerprint density at radius 2 is 1.96 bits per heavy atom. The number of nitrogens with one attached hydrogen (secondary N) is 1. The van der Waals surface area contributed by atoms with E-state index in [0.717, 1.165) is 11.3 Å². The van der Waals surface area contributed by atoms with Gasteiger partial charge in [-0.15, -0.1) is 11.3 Å². The van der Waals surface area contributed by atoms with Crippen molar-refractivity contribution in [2.75, 3.05) is 5.32 Å². The number of anilines is 1. The number of rotatable bonds is 4. The molecule has 8 heteroatoms. The summed E-state index contributed by atoms with van der Waals surface area (Å²) in [5, 5.41) is 12.1. The van der Waals surface area contributed by atoms with Crippen LogP contribution < -0.4 is 5.32 Å². The van der Waals surface area contributed by atoms with Crippen LogP contribution in [-0.2, 0) is 9.53 Å². The zero-order valence-electron chi connectivity index (χ0n) is 14.0. The van der Waals surface area contributed by atoms with Gasteiger partial charge < -0.3 is 10.1 Å².